The third kappa shape index (κ3) is 2.88. The SMILES string of the molecule is Cc1cccc(CN2C[C@]34C=C[C@H](O3)[C@@H](C(=O)N(C)Cc3nccn3C)[C@@H]4C2=O)c1. The van der Waals surface area contributed by atoms with Gasteiger partial charge in [0.15, 0.2) is 0 Å². The van der Waals surface area contributed by atoms with Crippen molar-refractivity contribution in [2.45, 2.75) is 31.7 Å². The van der Waals surface area contributed by atoms with Crippen molar-refractivity contribution in [1.82, 2.24) is 19.4 Å². The first-order chi connectivity index (χ1) is 14.4. The molecule has 1 aromatic carbocycles. The van der Waals surface area contributed by atoms with Gasteiger partial charge in [-0.3, -0.25) is 9.59 Å². The van der Waals surface area contributed by atoms with Crippen LogP contribution in [0, 0.1) is 18.8 Å². The van der Waals surface area contributed by atoms with Gasteiger partial charge in [-0.15, -0.1) is 0 Å². The maximum atomic E-state index is 13.4. The number of ether oxygens (including phenoxy) is 1. The average Bonchev–Trinajstić information content (AvgIpc) is 3.44. The maximum Gasteiger partial charge on any atom is 0.230 e. The third-order valence-corrected chi connectivity index (χ3v) is 6.60. The molecule has 3 aliphatic rings. The number of aromatic nitrogens is 2. The summed E-state index contributed by atoms with van der Waals surface area (Å²) in [5.41, 5.74) is 1.57. The molecule has 2 saturated heterocycles. The fraction of sp³-hybridized carbons (Fsp3) is 0.435. The molecule has 4 heterocycles. The van der Waals surface area contributed by atoms with Crippen molar-refractivity contribution in [3.8, 4) is 0 Å². The smallest absolute Gasteiger partial charge is 0.230 e. The van der Waals surface area contributed by atoms with Gasteiger partial charge >= 0.3 is 0 Å². The van der Waals surface area contributed by atoms with E-state index < -0.39 is 17.4 Å². The first kappa shape index (κ1) is 19.1. The molecule has 5 rings (SSSR count). The van der Waals surface area contributed by atoms with Crippen LogP contribution in [-0.4, -0.2) is 56.5 Å². The lowest BCUT2D eigenvalue weighted by molar-refractivity contribution is -0.143. The summed E-state index contributed by atoms with van der Waals surface area (Å²) in [5, 5.41) is 0. The second-order valence-electron chi connectivity index (χ2n) is 8.73. The van der Waals surface area contributed by atoms with E-state index in [9.17, 15) is 9.59 Å². The molecule has 1 aromatic heterocycles. The molecule has 0 aliphatic carbocycles. The predicted molar refractivity (Wildman–Crippen MR) is 110 cm³/mol. The lowest BCUT2D eigenvalue weighted by Gasteiger charge is -2.27. The molecule has 2 amide bonds. The molecule has 2 fully saturated rings. The van der Waals surface area contributed by atoms with E-state index in [1.54, 1.807) is 18.1 Å². The number of likely N-dealkylation sites (tertiary alicyclic amines) is 1. The third-order valence-electron chi connectivity index (χ3n) is 6.60. The van der Waals surface area contributed by atoms with Gasteiger partial charge in [0.2, 0.25) is 11.8 Å². The van der Waals surface area contributed by atoms with Gasteiger partial charge in [0.1, 0.15) is 11.4 Å². The zero-order valence-corrected chi connectivity index (χ0v) is 17.5. The Balaban J connectivity index is 1.37. The predicted octanol–water partition coefficient (Wildman–Crippen LogP) is 1.67. The molecule has 0 radical (unpaired) electrons. The topological polar surface area (TPSA) is 67.7 Å². The highest BCUT2D eigenvalue weighted by Gasteiger charge is 2.67. The van der Waals surface area contributed by atoms with Gasteiger partial charge in [0, 0.05) is 33.0 Å². The van der Waals surface area contributed by atoms with Gasteiger partial charge in [-0.2, -0.15) is 0 Å². The fourth-order valence-corrected chi connectivity index (χ4v) is 5.12. The van der Waals surface area contributed by atoms with Crippen molar-refractivity contribution in [3.63, 3.8) is 0 Å². The standard InChI is InChI=1S/C23H26N4O3/c1-15-5-4-6-16(11-15)12-27-14-23-8-7-17(30-23)19(20(23)22(27)29)21(28)26(3)13-18-24-9-10-25(18)2/h4-11,17,19-20H,12-14H2,1-3H3/t17-,19+,20+,23-/m0/s1. The summed E-state index contributed by atoms with van der Waals surface area (Å²) in [5.74, 6) is -0.208. The van der Waals surface area contributed by atoms with Gasteiger partial charge in [0.05, 0.1) is 31.0 Å². The molecule has 2 aromatic rings. The van der Waals surface area contributed by atoms with Crippen molar-refractivity contribution < 1.29 is 14.3 Å². The van der Waals surface area contributed by atoms with Crippen LogP contribution in [-0.2, 0) is 34.5 Å². The fourth-order valence-electron chi connectivity index (χ4n) is 5.12. The van der Waals surface area contributed by atoms with Crippen LogP contribution >= 0.6 is 0 Å². The van der Waals surface area contributed by atoms with Gasteiger partial charge in [0.25, 0.3) is 0 Å². The van der Waals surface area contributed by atoms with E-state index in [2.05, 4.69) is 11.1 Å². The second-order valence-corrected chi connectivity index (χ2v) is 8.73. The summed E-state index contributed by atoms with van der Waals surface area (Å²) in [6.45, 7) is 3.47. The Morgan fingerprint density at radius 1 is 1.40 bits per heavy atom. The Bertz CT molecular complexity index is 1040. The number of amides is 2. The first-order valence-electron chi connectivity index (χ1n) is 10.3. The molecule has 7 nitrogen and oxygen atoms in total. The Hall–Kier alpha value is -2.93. The average molecular weight is 406 g/mol. The van der Waals surface area contributed by atoms with Crippen LogP contribution in [0.2, 0.25) is 0 Å². The highest BCUT2D eigenvalue weighted by Crippen LogP contribution is 2.52. The van der Waals surface area contributed by atoms with Crippen LogP contribution in [0.4, 0.5) is 0 Å². The number of carbonyl (C=O) groups is 2. The minimum Gasteiger partial charge on any atom is -0.360 e. The Morgan fingerprint density at radius 3 is 2.97 bits per heavy atom. The molecule has 0 unspecified atom stereocenters. The quantitative estimate of drug-likeness (QED) is 0.709. The lowest BCUT2D eigenvalue weighted by atomic mass is 9.76. The Morgan fingerprint density at radius 2 is 2.23 bits per heavy atom. The summed E-state index contributed by atoms with van der Waals surface area (Å²) in [4.78, 5) is 34.6. The van der Waals surface area contributed by atoms with Gasteiger partial charge < -0.3 is 19.1 Å². The normalized spacial score (nSPS) is 29.0. The molecule has 0 saturated carbocycles. The van der Waals surface area contributed by atoms with Crippen molar-refractivity contribution in [1.29, 1.82) is 0 Å². The first-order valence-corrected chi connectivity index (χ1v) is 10.3. The van der Waals surface area contributed by atoms with E-state index in [0.29, 0.717) is 19.6 Å². The minimum atomic E-state index is -0.685. The number of imidazole rings is 1. The summed E-state index contributed by atoms with van der Waals surface area (Å²) < 4.78 is 8.14. The van der Waals surface area contributed by atoms with Crippen LogP contribution < -0.4 is 0 Å². The maximum absolute atomic E-state index is 13.4. The molecule has 1 spiro atoms. The number of aryl methyl sites for hydroxylation is 2. The largest absolute Gasteiger partial charge is 0.360 e. The zero-order valence-electron chi connectivity index (χ0n) is 17.5. The monoisotopic (exact) mass is 406 g/mol. The zero-order chi connectivity index (χ0) is 21.0. The van der Waals surface area contributed by atoms with E-state index in [1.807, 2.05) is 60.0 Å². The van der Waals surface area contributed by atoms with Gasteiger partial charge in [-0.05, 0) is 12.5 Å². The number of carbonyl (C=O) groups excluding carboxylic acids is 2. The molecular weight excluding hydrogens is 380 g/mol. The minimum absolute atomic E-state index is 0.00657. The summed E-state index contributed by atoms with van der Waals surface area (Å²) >= 11 is 0. The molecule has 156 valence electrons. The molecule has 3 aliphatic heterocycles. The van der Waals surface area contributed by atoms with Crippen LogP contribution in [0.15, 0.2) is 48.8 Å². The van der Waals surface area contributed by atoms with E-state index in [4.69, 9.17) is 4.74 Å². The lowest BCUT2D eigenvalue weighted by Crippen LogP contribution is -2.44. The Kier molecular flexibility index (Phi) is 4.32. The number of rotatable bonds is 5. The molecule has 30 heavy (non-hydrogen) atoms. The van der Waals surface area contributed by atoms with Crippen LogP contribution in [0.25, 0.3) is 0 Å². The van der Waals surface area contributed by atoms with E-state index in [-0.39, 0.29) is 17.9 Å². The number of hydrogen-bond acceptors (Lipinski definition) is 4. The molecule has 4 atom stereocenters. The van der Waals surface area contributed by atoms with Crippen molar-refractivity contribution in [2.75, 3.05) is 13.6 Å². The number of benzene rings is 1. The summed E-state index contributed by atoms with van der Waals surface area (Å²) in [6.07, 6.45) is 7.19. The molecule has 2 bridgehead atoms. The van der Waals surface area contributed by atoms with E-state index in [0.717, 1.165) is 11.4 Å². The van der Waals surface area contributed by atoms with Crippen LogP contribution in [0.3, 0.4) is 0 Å². The van der Waals surface area contributed by atoms with E-state index >= 15 is 0 Å². The number of fused-ring (bicyclic) bond motifs is 1. The highest BCUT2D eigenvalue weighted by molar-refractivity contribution is 5.93. The number of hydrogen-bond donors (Lipinski definition) is 0. The molecule has 0 N–H and O–H groups in total. The van der Waals surface area contributed by atoms with Crippen LogP contribution in [0.5, 0.6) is 0 Å². The van der Waals surface area contributed by atoms with Crippen molar-refractivity contribution >= 4 is 11.8 Å². The van der Waals surface area contributed by atoms with Crippen molar-refractivity contribution in [2.24, 2.45) is 18.9 Å². The van der Waals surface area contributed by atoms with Crippen molar-refractivity contribution in [3.05, 3.63) is 65.8 Å². The number of nitrogens with zero attached hydrogens (tertiary/aromatic N) is 4. The highest BCUT2D eigenvalue weighted by atomic mass is 16.5. The van der Waals surface area contributed by atoms with Crippen LogP contribution in [0.1, 0.15) is 17.0 Å². The second kappa shape index (κ2) is 6.80. The Labute approximate surface area is 175 Å². The summed E-state index contributed by atoms with van der Waals surface area (Å²) in [7, 11) is 3.67. The molecule has 7 heteroatoms. The molecular formula is C23H26N4O3. The summed E-state index contributed by atoms with van der Waals surface area (Å²) in [6, 6.07) is 8.17. The van der Waals surface area contributed by atoms with Gasteiger partial charge in [-0.25, -0.2) is 4.98 Å². The van der Waals surface area contributed by atoms with Gasteiger partial charge in [-0.1, -0.05) is 42.0 Å². The van der Waals surface area contributed by atoms with E-state index in [1.165, 1.54) is 5.56 Å².